The van der Waals surface area contributed by atoms with E-state index in [2.05, 4.69) is 4.74 Å². The van der Waals surface area contributed by atoms with Crippen LogP contribution in [0.3, 0.4) is 0 Å². The van der Waals surface area contributed by atoms with E-state index in [1.54, 1.807) is 6.92 Å². The maximum absolute atomic E-state index is 10.3. The van der Waals surface area contributed by atoms with Crippen molar-refractivity contribution < 1.29 is 14.6 Å². The van der Waals surface area contributed by atoms with Gasteiger partial charge < -0.3 is 9.84 Å². The number of hydrogen-bond donors (Lipinski definition) is 1. The smallest absolute Gasteiger partial charge is 0.302 e. The first-order valence-corrected chi connectivity index (χ1v) is 3.35. The van der Waals surface area contributed by atoms with Crippen LogP contribution < -0.4 is 0 Å². The van der Waals surface area contributed by atoms with Gasteiger partial charge in [0.2, 0.25) is 0 Å². The lowest BCUT2D eigenvalue weighted by molar-refractivity contribution is -0.143. The Hall–Kier alpha value is -0.570. The number of carbonyl (C=O) groups excluding carboxylic acids is 1. The summed E-state index contributed by atoms with van der Waals surface area (Å²) < 4.78 is 4.67. The quantitative estimate of drug-likeness (QED) is 0.592. The van der Waals surface area contributed by atoms with Crippen molar-refractivity contribution in [3.63, 3.8) is 0 Å². The van der Waals surface area contributed by atoms with E-state index < -0.39 is 6.10 Å². The minimum Gasteiger partial charge on any atom is -0.465 e. The van der Waals surface area contributed by atoms with Gasteiger partial charge in [-0.25, -0.2) is 0 Å². The van der Waals surface area contributed by atoms with Gasteiger partial charge in [0.25, 0.3) is 0 Å². The molecular formula is C7H14O3. The van der Waals surface area contributed by atoms with Crippen molar-refractivity contribution in [2.24, 2.45) is 5.92 Å². The van der Waals surface area contributed by atoms with Crippen LogP contribution in [0.5, 0.6) is 0 Å². The summed E-state index contributed by atoms with van der Waals surface area (Å²) in [6, 6.07) is 0. The number of carbonyl (C=O) groups is 1. The van der Waals surface area contributed by atoms with Gasteiger partial charge in [-0.15, -0.1) is 0 Å². The molecule has 10 heavy (non-hydrogen) atoms. The van der Waals surface area contributed by atoms with Crippen molar-refractivity contribution in [1.82, 2.24) is 0 Å². The van der Waals surface area contributed by atoms with E-state index in [4.69, 9.17) is 5.11 Å². The first kappa shape index (κ1) is 9.43. The minimum absolute atomic E-state index is 0.0175. The Morgan fingerprint density at radius 1 is 1.60 bits per heavy atom. The van der Waals surface area contributed by atoms with E-state index in [-0.39, 0.29) is 11.9 Å². The highest BCUT2D eigenvalue weighted by Gasteiger charge is 2.09. The third-order valence-electron chi connectivity index (χ3n) is 1.37. The van der Waals surface area contributed by atoms with Crippen LogP contribution in [-0.2, 0) is 9.53 Å². The molecule has 0 fully saturated rings. The number of hydrogen-bond acceptors (Lipinski definition) is 3. The highest BCUT2D eigenvalue weighted by molar-refractivity contribution is 5.65. The second-order valence-electron chi connectivity index (χ2n) is 2.52. The molecule has 0 saturated carbocycles. The van der Waals surface area contributed by atoms with Crippen LogP contribution in [0, 0.1) is 5.92 Å². The van der Waals surface area contributed by atoms with E-state index in [1.807, 2.05) is 6.92 Å². The Bertz CT molecular complexity index is 109. The zero-order valence-electron chi connectivity index (χ0n) is 6.63. The van der Waals surface area contributed by atoms with Crippen LogP contribution in [0.25, 0.3) is 0 Å². The van der Waals surface area contributed by atoms with Crippen LogP contribution in [0.4, 0.5) is 0 Å². The lowest BCUT2D eigenvalue weighted by Gasteiger charge is -2.13. The van der Waals surface area contributed by atoms with E-state index in [9.17, 15) is 4.79 Å². The minimum atomic E-state index is -0.417. The number of ether oxygens (including phenoxy) is 1. The highest BCUT2D eigenvalue weighted by atomic mass is 16.5. The third kappa shape index (κ3) is 4.32. The zero-order chi connectivity index (χ0) is 8.15. The van der Waals surface area contributed by atoms with Crippen molar-refractivity contribution in [2.75, 3.05) is 6.61 Å². The first-order valence-electron chi connectivity index (χ1n) is 3.35. The topological polar surface area (TPSA) is 46.5 Å². The van der Waals surface area contributed by atoms with Crippen LogP contribution in [-0.4, -0.2) is 23.8 Å². The average molecular weight is 146 g/mol. The van der Waals surface area contributed by atoms with E-state index >= 15 is 0 Å². The standard InChI is InChI=1S/C7H14O3/c1-5(6(2)8)4-10-7(3)9/h5-6,8H,4H2,1-3H3. The molecule has 0 aliphatic carbocycles. The predicted octanol–water partition coefficient (Wildman–Crippen LogP) is 0.566. The Kier molecular flexibility index (Phi) is 4.03. The monoisotopic (exact) mass is 146 g/mol. The summed E-state index contributed by atoms with van der Waals surface area (Å²) in [7, 11) is 0. The fourth-order valence-corrected chi connectivity index (χ4v) is 0.388. The van der Waals surface area contributed by atoms with Crippen molar-refractivity contribution in [3.8, 4) is 0 Å². The highest BCUT2D eigenvalue weighted by Crippen LogP contribution is 2.01. The van der Waals surface area contributed by atoms with E-state index in [0.29, 0.717) is 6.61 Å². The fraction of sp³-hybridized carbons (Fsp3) is 0.857. The summed E-state index contributed by atoms with van der Waals surface area (Å²) in [5.74, 6) is -0.281. The molecule has 0 heterocycles. The third-order valence-corrected chi connectivity index (χ3v) is 1.37. The lowest BCUT2D eigenvalue weighted by atomic mass is 10.1. The normalized spacial score (nSPS) is 16.0. The molecule has 0 aromatic carbocycles. The van der Waals surface area contributed by atoms with Gasteiger partial charge in [-0.3, -0.25) is 4.79 Å². The largest absolute Gasteiger partial charge is 0.465 e. The molecule has 2 unspecified atom stereocenters. The van der Waals surface area contributed by atoms with Gasteiger partial charge in [0, 0.05) is 12.8 Å². The Balaban J connectivity index is 3.39. The molecule has 0 amide bonds. The predicted molar refractivity (Wildman–Crippen MR) is 37.5 cm³/mol. The van der Waals surface area contributed by atoms with Crippen LogP contribution >= 0.6 is 0 Å². The maximum Gasteiger partial charge on any atom is 0.302 e. The molecule has 0 aliphatic rings. The summed E-state index contributed by atoms with van der Waals surface area (Å²) >= 11 is 0. The molecular weight excluding hydrogens is 132 g/mol. The zero-order valence-corrected chi connectivity index (χ0v) is 6.63. The Morgan fingerprint density at radius 2 is 2.10 bits per heavy atom. The summed E-state index contributed by atoms with van der Waals surface area (Å²) in [4.78, 5) is 10.3. The molecule has 2 atom stereocenters. The molecule has 0 saturated heterocycles. The fourth-order valence-electron chi connectivity index (χ4n) is 0.388. The van der Waals surface area contributed by atoms with Gasteiger partial charge in [0.05, 0.1) is 12.7 Å². The first-order chi connectivity index (χ1) is 4.54. The molecule has 1 N–H and O–H groups in total. The van der Waals surface area contributed by atoms with Crippen LogP contribution in [0.15, 0.2) is 0 Å². The average Bonchev–Trinajstić information content (AvgIpc) is 1.82. The second-order valence-corrected chi connectivity index (χ2v) is 2.52. The van der Waals surface area contributed by atoms with Crippen LogP contribution in [0.2, 0.25) is 0 Å². The van der Waals surface area contributed by atoms with E-state index in [0.717, 1.165) is 0 Å². The van der Waals surface area contributed by atoms with Gasteiger partial charge in [0.1, 0.15) is 0 Å². The van der Waals surface area contributed by atoms with Crippen molar-refractivity contribution in [2.45, 2.75) is 26.9 Å². The molecule has 0 spiro atoms. The summed E-state index contributed by atoms with van der Waals surface area (Å²) in [6.07, 6.45) is -0.417. The molecule has 0 bridgehead atoms. The number of aliphatic hydroxyl groups is 1. The molecule has 0 aliphatic heterocycles. The van der Waals surface area contributed by atoms with Gasteiger partial charge in [-0.1, -0.05) is 6.92 Å². The molecule has 60 valence electrons. The van der Waals surface area contributed by atoms with Crippen molar-refractivity contribution >= 4 is 5.97 Å². The van der Waals surface area contributed by atoms with E-state index in [1.165, 1.54) is 6.92 Å². The Morgan fingerprint density at radius 3 is 2.40 bits per heavy atom. The molecule has 3 heteroatoms. The number of esters is 1. The van der Waals surface area contributed by atoms with Gasteiger partial charge in [-0.05, 0) is 6.92 Å². The summed E-state index contributed by atoms with van der Waals surface area (Å²) in [5.41, 5.74) is 0. The second kappa shape index (κ2) is 4.28. The van der Waals surface area contributed by atoms with Gasteiger partial charge in [-0.2, -0.15) is 0 Å². The molecule has 3 nitrogen and oxygen atoms in total. The maximum atomic E-state index is 10.3. The van der Waals surface area contributed by atoms with Gasteiger partial charge in [0.15, 0.2) is 0 Å². The number of rotatable bonds is 3. The van der Waals surface area contributed by atoms with Crippen molar-refractivity contribution in [3.05, 3.63) is 0 Å². The summed E-state index contributed by atoms with van der Waals surface area (Å²) in [6.45, 7) is 5.16. The lowest BCUT2D eigenvalue weighted by Crippen LogP contribution is -2.20. The SMILES string of the molecule is CC(=O)OCC(C)C(C)O. The molecule has 0 aromatic rings. The van der Waals surface area contributed by atoms with Gasteiger partial charge >= 0.3 is 5.97 Å². The number of aliphatic hydroxyl groups excluding tert-OH is 1. The molecule has 0 aromatic heterocycles. The molecule has 0 rings (SSSR count). The molecule has 0 radical (unpaired) electrons. The Labute approximate surface area is 61.0 Å². The van der Waals surface area contributed by atoms with Crippen molar-refractivity contribution in [1.29, 1.82) is 0 Å². The van der Waals surface area contributed by atoms with Crippen LogP contribution in [0.1, 0.15) is 20.8 Å². The summed E-state index contributed by atoms with van der Waals surface area (Å²) in [5, 5.41) is 8.94.